The summed E-state index contributed by atoms with van der Waals surface area (Å²) in [4.78, 5) is 41.1. The lowest BCUT2D eigenvalue weighted by atomic mass is 10.0. The maximum absolute atomic E-state index is 12.9. The normalized spacial score (nSPS) is 11.8. The number of hydrogen-bond donors (Lipinski definition) is 3. The molecule has 3 rings (SSSR count). The van der Waals surface area contributed by atoms with E-state index in [1.807, 2.05) is 45.0 Å². The third-order valence-corrected chi connectivity index (χ3v) is 6.13. The Labute approximate surface area is 233 Å². The zero-order valence-electron chi connectivity index (χ0n) is 22.7. The Morgan fingerprint density at radius 2 is 1.82 bits per heavy atom. The molecule has 3 N–H and O–H groups in total. The molecule has 2 aromatic carbocycles. The number of carbonyl (C=O) groups excluding carboxylic acids is 3. The van der Waals surface area contributed by atoms with Gasteiger partial charge in [0.25, 0.3) is 11.8 Å². The van der Waals surface area contributed by atoms with Crippen LogP contribution < -0.4 is 15.4 Å². The van der Waals surface area contributed by atoms with Crippen molar-refractivity contribution in [3.63, 3.8) is 0 Å². The predicted octanol–water partition coefficient (Wildman–Crippen LogP) is 4.40. The van der Waals surface area contributed by atoms with E-state index in [-0.39, 0.29) is 30.5 Å². The smallest absolute Gasteiger partial charge is 0.293 e. The molecule has 3 amide bonds. The number of carbonyl (C=O) groups is 3. The monoisotopic (exact) mass is 554 g/mol. The van der Waals surface area contributed by atoms with Gasteiger partial charge >= 0.3 is 0 Å². The van der Waals surface area contributed by atoms with E-state index in [1.54, 1.807) is 29.0 Å². The summed E-state index contributed by atoms with van der Waals surface area (Å²) in [7, 11) is 0. The molecule has 9 nitrogen and oxygen atoms in total. The second-order valence-corrected chi connectivity index (χ2v) is 9.96. The number of hydrogen-bond acceptors (Lipinski definition) is 6. The number of imidazole rings is 1. The highest BCUT2D eigenvalue weighted by Gasteiger charge is 2.19. The van der Waals surface area contributed by atoms with Gasteiger partial charge in [0.2, 0.25) is 5.91 Å². The lowest BCUT2D eigenvalue weighted by Gasteiger charge is -2.19. The molecule has 1 aromatic heterocycles. The van der Waals surface area contributed by atoms with Gasteiger partial charge in [0, 0.05) is 43.4 Å². The summed E-state index contributed by atoms with van der Waals surface area (Å²) in [6.07, 6.45) is 3.44. The van der Waals surface area contributed by atoms with Crippen LogP contribution in [0.1, 0.15) is 67.1 Å². The molecule has 0 aliphatic rings. The van der Waals surface area contributed by atoms with Gasteiger partial charge in [-0.25, -0.2) is 4.98 Å². The Hall–Kier alpha value is -3.69. The number of aryl methyl sites for hydroxylation is 1. The highest BCUT2D eigenvalue weighted by atomic mass is 35.5. The van der Waals surface area contributed by atoms with E-state index in [1.165, 1.54) is 6.92 Å². The van der Waals surface area contributed by atoms with Crippen molar-refractivity contribution in [2.45, 2.75) is 65.6 Å². The van der Waals surface area contributed by atoms with Crippen LogP contribution in [0.2, 0.25) is 5.02 Å². The Bertz CT molecular complexity index is 1300. The second kappa shape index (κ2) is 13.9. The van der Waals surface area contributed by atoms with E-state index >= 15 is 0 Å². The van der Waals surface area contributed by atoms with Crippen molar-refractivity contribution in [3.8, 4) is 17.0 Å². The second-order valence-electron chi connectivity index (χ2n) is 9.55. The van der Waals surface area contributed by atoms with Crippen molar-refractivity contribution < 1.29 is 24.2 Å². The number of benzene rings is 2. The molecule has 0 aliphatic heterocycles. The van der Waals surface area contributed by atoms with E-state index in [9.17, 15) is 19.5 Å². The molecule has 0 saturated heterocycles. The van der Waals surface area contributed by atoms with Crippen molar-refractivity contribution in [1.82, 2.24) is 20.2 Å². The maximum Gasteiger partial charge on any atom is 0.293 e. The molecule has 0 bridgehead atoms. The summed E-state index contributed by atoms with van der Waals surface area (Å²) < 4.78 is 7.37. The molecule has 0 spiro atoms. The number of aliphatic hydroxyl groups excluding tert-OH is 1. The fourth-order valence-electron chi connectivity index (χ4n) is 4.10. The third-order valence-electron chi connectivity index (χ3n) is 5.84. The number of halogens is 1. The van der Waals surface area contributed by atoms with Crippen LogP contribution in [0.3, 0.4) is 0 Å². The number of aromatic nitrogens is 2. The average Bonchev–Trinajstić information content (AvgIpc) is 3.29. The lowest BCUT2D eigenvalue weighted by Crippen LogP contribution is -2.37. The van der Waals surface area contributed by atoms with Gasteiger partial charge in [-0.15, -0.1) is 0 Å². The molecule has 0 radical (unpaired) electrons. The van der Waals surface area contributed by atoms with Gasteiger partial charge in [0.1, 0.15) is 5.75 Å². The zero-order valence-corrected chi connectivity index (χ0v) is 23.4. The zero-order chi connectivity index (χ0) is 28.5. The first-order chi connectivity index (χ1) is 18.6. The summed E-state index contributed by atoms with van der Waals surface area (Å²) in [5, 5.41) is 15.2. The van der Waals surface area contributed by atoms with Crippen LogP contribution in [-0.4, -0.2) is 51.1 Å². The Morgan fingerprint density at radius 3 is 2.41 bits per heavy atom. The predicted molar refractivity (Wildman–Crippen MR) is 150 cm³/mol. The van der Waals surface area contributed by atoms with Crippen molar-refractivity contribution in [2.24, 2.45) is 0 Å². The number of ether oxygens (including phenoxy) is 1. The van der Waals surface area contributed by atoms with Gasteiger partial charge in [0.05, 0.1) is 16.8 Å². The molecule has 3 aromatic rings. The number of rotatable bonds is 12. The number of amides is 3. The van der Waals surface area contributed by atoms with E-state index in [0.29, 0.717) is 41.4 Å². The summed E-state index contributed by atoms with van der Waals surface area (Å²) >= 11 is 6.29. The maximum atomic E-state index is 12.9. The molecule has 0 aliphatic carbocycles. The van der Waals surface area contributed by atoms with Crippen LogP contribution in [0.4, 0.5) is 0 Å². The van der Waals surface area contributed by atoms with Gasteiger partial charge in [-0.05, 0) is 56.9 Å². The summed E-state index contributed by atoms with van der Waals surface area (Å²) in [6, 6.07) is 12.2. The van der Waals surface area contributed by atoms with Gasteiger partial charge in [-0.3, -0.25) is 19.7 Å². The van der Waals surface area contributed by atoms with Crippen LogP contribution in [0.25, 0.3) is 11.3 Å². The first-order valence-corrected chi connectivity index (χ1v) is 13.3. The first-order valence-electron chi connectivity index (χ1n) is 13.0. The molecular weight excluding hydrogens is 520 g/mol. The van der Waals surface area contributed by atoms with Crippen molar-refractivity contribution in [2.75, 3.05) is 6.61 Å². The quantitative estimate of drug-likeness (QED) is 0.305. The molecule has 0 saturated carbocycles. The summed E-state index contributed by atoms with van der Waals surface area (Å²) in [5.41, 5.74) is 2.79. The Balaban J connectivity index is 1.72. The molecule has 1 heterocycles. The molecule has 10 heteroatoms. The highest BCUT2D eigenvalue weighted by Crippen LogP contribution is 2.27. The standard InChI is InChI=1S/C29H35ClN4O5/c1-5-13-34-17-25(33-27(34)29(38)31-19(4)36)21-8-6-20(7-9-21)15-23(12-14-35)32-28(37)22-10-11-26(24(30)16-22)39-18(2)3/h6-11,16-18,23,35H,5,12-15H2,1-4H3,(H,32,37)(H,31,36,38)/t23-/m1/s1. The lowest BCUT2D eigenvalue weighted by molar-refractivity contribution is -0.118. The van der Waals surface area contributed by atoms with Crippen molar-refractivity contribution in [1.29, 1.82) is 0 Å². The number of nitrogens with zero attached hydrogens (tertiary/aromatic N) is 2. The van der Waals surface area contributed by atoms with Gasteiger partial charge in [-0.1, -0.05) is 42.8 Å². The average molecular weight is 555 g/mol. The van der Waals surface area contributed by atoms with Gasteiger partial charge in [-0.2, -0.15) is 0 Å². The minimum atomic E-state index is -0.537. The number of nitrogens with one attached hydrogen (secondary N) is 2. The van der Waals surface area contributed by atoms with E-state index in [0.717, 1.165) is 17.5 Å². The van der Waals surface area contributed by atoms with Crippen LogP contribution in [0, 0.1) is 0 Å². The first kappa shape index (κ1) is 29.9. The van der Waals surface area contributed by atoms with Crippen LogP contribution in [0.15, 0.2) is 48.7 Å². The fraction of sp³-hybridized carbons (Fsp3) is 0.379. The van der Waals surface area contributed by atoms with E-state index in [2.05, 4.69) is 15.6 Å². The molecule has 208 valence electrons. The topological polar surface area (TPSA) is 123 Å². The highest BCUT2D eigenvalue weighted by molar-refractivity contribution is 6.32. The molecule has 39 heavy (non-hydrogen) atoms. The third kappa shape index (κ3) is 8.40. The summed E-state index contributed by atoms with van der Waals surface area (Å²) in [5.74, 6) is -0.575. The van der Waals surface area contributed by atoms with E-state index in [4.69, 9.17) is 16.3 Å². The van der Waals surface area contributed by atoms with Crippen LogP contribution >= 0.6 is 11.6 Å². The minimum absolute atomic E-state index is 0.0391. The largest absolute Gasteiger partial charge is 0.489 e. The molecular formula is C29H35ClN4O5. The Kier molecular flexibility index (Phi) is 10.7. The SMILES string of the molecule is CCCn1cc(-c2ccc(C[C@@H](CCO)NC(=O)c3ccc(OC(C)C)c(Cl)c3)cc2)nc1C(=O)NC(C)=O. The molecule has 1 atom stereocenters. The van der Waals surface area contributed by atoms with Gasteiger partial charge < -0.3 is 19.7 Å². The Morgan fingerprint density at radius 1 is 1.10 bits per heavy atom. The van der Waals surface area contributed by atoms with Crippen molar-refractivity contribution >= 4 is 29.3 Å². The fourth-order valence-corrected chi connectivity index (χ4v) is 4.33. The number of aliphatic hydroxyl groups is 1. The van der Waals surface area contributed by atoms with Gasteiger partial charge in [0.15, 0.2) is 5.82 Å². The van der Waals surface area contributed by atoms with Crippen LogP contribution in [0.5, 0.6) is 5.75 Å². The minimum Gasteiger partial charge on any atom is -0.489 e. The molecule has 0 fully saturated rings. The molecule has 0 unspecified atom stereocenters. The number of imide groups is 1. The van der Waals surface area contributed by atoms with E-state index < -0.39 is 11.8 Å². The summed E-state index contributed by atoms with van der Waals surface area (Å²) in [6.45, 7) is 7.58. The van der Waals surface area contributed by atoms with Crippen molar-refractivity contribution in [3.05, 3.63) is 70.6 Å². The van der Waals surface area contributed by atoms with Crippen LogP contribution in [-0.2, 0) is 17.8 Å².